The molecule has 2 rings (SSSR count). The molecule has 0 aliphatic carbocycles. The van der Waals surface area contributed by atoms with E-state index in [1.54, 1.807) is 7.11 Å². The third kappa shape index (κ3) is 4.74. The molecule has 2 aliphatic heterocycles. The van der Waals surface area contributed by atoms with Crippen molar-refractivity contribution in [3.05, 3.63) is 11.9 Å². The van der Waals surface area contributed by atoms with Gasteiger partial charge in [0.15, 0.2) is 0 Å². The number of nitrogens with zero attached hydrogens (tertiary/aromatic N) is 2. The van der Waals surface area contributed by atoms with Gasteiger partial charge in [-0.3, -0.25) is 9.80 Å². The van der Waals surface area contributed by atoms with E-state index in [9.17, 15) is 9.50 Å². The molecular formula is C16H31FN2O2. The number of hydrogen-bond acceptors (Lipinski definition) is 4. The van der Waals surface area contributed by atoms with Crippen molar-refractivity contribution in [3.63, 3.8) is 0 Å². The molecule has 2 aliphatic rings. The molecule has 0 radical (unpaired) electrons. The van der Waals surface area contributed by atoms with Gasteiger partial charge in [0.25, 0.3) is 0 Å². The average Bonchev–Trinajstić information content (AvgIpc) is 2.77. The minimum absolute atomic E-state index is 0.129. The van der Waals surface area contributed by atoms with Crippen molar-refractivity contribution in [2.45, 2.75) is 45.3 Å². The molecule has 0 amide bonds. The summed E-state index contributed by atoms with van der Waals surface area (Å²) in [5.41, 5.74) is 0.0198. The van der Waals surface area contributed by atoms with Crippen molar-refractivity contribution in [2.24, 2.45) is 0 Å². The van der Waals surface area contributed by atoms with Crippen LogP contribution in [0.3, 0.4) is 0 Å². The van der Waals surface area contributed by atoms with Crippen LogP contribution in [0.2, 0.25) is 0 Å². The highest BCUT2D eigenvalue weighted by Gasteiger charge is 2.47. The van der Waals surface area contributed by atoms with E-state index < -0.39 is 5.60 Å². The summed E-state index contributed by atoms with van der Waals surface area (Å²) in [6.07, 6.45) is 1.47. The Hall–Kier alpha value is -0.490. The lowest BCUT2D eigenvalue weighted by Crippen LogP contribution is -2.62. The molecule has 0 aromatic rings. The van der Waals surface area contributed by atoms with Crippen molar-refractivity contribution in [2.75, 3.05) is 46.4 Å². The van der Waals surface area contributed by atoms with Crippen molar-refractivity contribution < 1.29 is 14.2 Å². The second kappa shape index (κ2) is 7.68. The molecular weight excluding hydrogens is 271 g/mol. The lowest BCUT2D eigenvalue weighted by molar-refractivity contribution is -0.0484. The highest BCUT2D eigenvalue weighted by Crippen LogP contribution is 2.36. The molecule has 1 N–H and O–H groups in total. The first kappa shape index (κ1) is 18.6. The summed E-state index contributed by atoms with van der Waals surface area (Å²) >= 11 is 0. The maximum absolute atomic E-state index is 12.8. The van der Waals surface area contributed by atoms with Gasteiger partial charge in [-0.25, -0.2) is 4.39 Å². The van der Waals surface area contributed by atoms with E-state index in [0.29, 0.717) is 19.7 Å². The average molecular weight is 302 g/mol. The number of ether oxygens (including phenoxy) is 1. The summed E-state index contributed by atoms with van der Waals surface area (Å²) in [6.45, 7) is 12.2. The second-order valence-corrected chi connectivity index (χ2v) is 6.55. The Morgan fingerprint density at radius 1 is 1.38 bits per heavy atom. The predicted molar refractivity (Wildman–Crippen MR) is 84.1 cm³/mol. The molecule has 2 fully saturated rings. The van der Waals surface area contributed by atoms with Gasteiger partial charge >= 0.3 is 0 Å². The topological polar surface area (TPSA) is 35.9 Å². The van der Waals surface area contributed by atoms with E-state index in [1.807, 2.05) is 27.7 Å². The third-order valence-corrected chi connectivity index (χ3v) is 4.00. The smallest absolute Gasteiger partial charge is 0.0872 e. The zero-order valence-corrected chi connectivity index (χ0v) is 14.2. The number of hydrogen-bond donors (Lipinski definition) is 1. The SMILES string of the molecule is CC.COCC12C/C(=C\F)CN1CCN(CC(C)(C)O)C2. The van der Waals surface area contributed by atoms with Gasteiger partial charge < -0.3 is 9.84 Å². The largest absolute Gasteiger partial charge is 0.389 e. The minimum atomic E-state index is -0.701. The molecule has 2 saturated heterocycles. The third-order valence-electron chi connectivity index (χ3n) is 4.00. The zero-order chi connectivity index (χ0) is 16.1. The summed E-state index contributed by atoms with van der Waals surface area (Å²) in [7, 11) is 1.69. The second-order valence-electron chi connectivity index (χ2n) is 6.55. The van der Waals surface area contributed by atoms with Crippen LogP contribution in [0.1, 0.15) is 34.1 Å². The van der Waals surface area contributed by atoms with Crippen LogP contribution in [0.25, 0.3) is 0 Å². The van der Waals surface area contributed by atoms with E-state index in [4.69, 9.17) is 4.74 Å². The number of methoxy groups -OCH3 is 1. The van der Waals surface area contributed by atoms with Crippen LogP contribution in [-0.2, 0) is 4.74 Å². The van der Waals surface area contributed by atoms with Crippen LogP contribution in [0.15, 0.2) is 11.9 Å². The number of fused-ring (bicyclic) bond motifs is 1. The lowest BCUT2D eigenvalue weighted by Gasteiger charge is -2.47. The number of halogens is 1. The number of rotatable bonds is 4. The Labute approximate surface area is 128 Å². The first-order valence-corrected chi connectivity index (χ1v) is 7.85. The van der Waals surface area contributed by atoms with E-state index in [2.05, 4.69) is 9.80 Å². The summed E-state index contributed by atoms with van der Waals surface area (Å²) < 4.78 is 18.2. The molecule has 0 bridgehead atoms. The fourth-order valence-corrected chi connectivity index (χ4v) is 3.44. The number of aliphatic hydroxyl groups is 1. The van der Waals surface area contributed by atoms with E-state index in [-0.39, 0.29) is 5.54 Å². The highest BCUT2D eigenvalue weighted by molar-refractivity contribution is 5.19. The summed E-state index contributed by atoms with van der Waals surface area (Å²) in [4.78, 5) is 4.58. The van der Waals surface area contributed by atoms with Gasteiger partial charge in [-0.1, -0.05) is 13.8 Å². The molecule has 0 saturated carbocycles. The van der Waals surface area contributed by atoms with Gasteiger partial charge in [-0.2, -0.15) is 0 Å². The molecule has 124 valence electrons. The Kier molecular flexibility index (Phi) is 6.78. The predicted octanol–water partition coefficient (Wildman–Crippen LogP) is 2.04. The normalized spacial score (nSPS) is 29.2. The standard InChI is InChI=1S/C14H25FN2O2.C2H6/c1-13(2,18)9-16-4-5-17-8-12(7-15)6-14(17,10-16)11-19-3;1-2/h7,18H,4-6,8-11H2,1-3H3;1-2H3/b12-7+;. The molecule has 5 heteroatoms. The van der Waals surface area contributed by atoms with Crippen LogP contribution in [0.5, 0.6) is 0 Å². The summed E-state index contributed by atoms with van der Waals surface area (Å²) in [6, 6.07) is 0. The first-order chi connectivity index (χ1) is 9.88. The van der Waals surface area contributed by atoms with Crippen LogP contribution in [0.4, 0.5) is 4.39 Å². The number of piperazine rings is 1. The van der Waals surface area contributed by atoms with Crippen molar-refractivity contribution in [1.29, 1.82) is 0 Å². The van der Waals surface area contributed by atoms with Gasteiger partial charge in [0, 0.05) is 39.8 Å². The van der Waals surface area contributed by atoms with Crippen LogP contribution in [0, 0.1) is 0 Å². The van der Waals surface area contributed by atoms with E-state index in [1.165, 1.54) is 0 Å². The monoisotopic (exact) mass is 302 g/mol. The van der Waals surface area contributed by atoms with Crippen molar-refractivity contribution >= 4 is 0 Å². The molecule has 0 aromatic heterocycles. The molecule has 21 heavy (non-hydrogen) atoms. The van der Waals surface area contributed by atoms with E-state index in [0.717, 1.165) is 38.0 Å². The number of β-amino-alcohol motifs (C(OH)–C–C–N with tert-alkyl or cyclic N) is 1. The van der Waals surface area contributed by atoms with Gasteiger partial charge in [0.1, 0.15) is 0 Å². The molecule has 2 heterocycles. The van der Waals surface area contributed by atoms with Crippen molar-refractivity contribution in [3.8, 4) is 0 Å². The first-order valence-electron chi connectivity index (χ1n) is 7.85. The molecule has 0 spiro atoms. The summed E-state index contributed by atoms with van der Waals surface area (Å²) in [5, 5.41) is 9.96. The van der Waals surface area contributed by atoms with Crippen LogP contribution in [-0.4, -0.2) is 72.5 Å². The van der Waals surface area contributed by atoms with Gasteiger partial charge in [-0.15, -0.1) is 0 Å². The molecule has 0 aromatic carbocycles. The minimum Gasteiger partial charge on any atom is -0.389 e. The Balaban J connectivity index is 0.00000106. The lowest BCUT2D eigenvalue weighted by atomic mass is 9.92. The molecule has 4 nitrogen and oxygen atoms in total. The van der Waals surface area contributed by atoms with E-state index >= 15 is 0 Å². The Morgan fingerprint density at radius 3 is 2.57 bits per heavy atom. The maximum atomic E-state index is 12.8. The van der Waals surface area contributed by atoms with Gasteiger partial charge in [0.05, 0.1) is 24.1 Å². The molecule has 1 unspecified atom stereocenters. The summed E-state index contributed by atoms with van der Waals surface area (Å²) in [5.74, 6) is 0. The maximum Gasteiger partial charge on any atom is 0.0872 e. The Morgan fingerprint density at radius 2 is 2.05 bits per heavy atom. The van der Waals surface area contributed by atoms with Gasteiger partial charge in [0.2, 0.25) is 0 Å². The van der Waals surface area contributed by atoms with Crippen LogP contribution >= 0.6 is 0 Å². The quantitative estimate of drug-likeness (QED) is 0.862. The van der Waals surface area contributed by atoms with Crippen molar-refractivity contribution in [1.82, 2.24) is 9.80 Å². The van der Waals surface area contributed by atoms with Gasteiger partial charge in [-0.05, 0) is 25.8 Å². The fraction of sp³-hybridized carbons (Fsp3) is 0.875. The Bertz CT molecular complexity index is 355. The van der Waals surface area contributed by atoms with Crippen LogP contribution < -0.4 is 0 Å². The molecule has 1 atom stereocenters. The zero-order valence-electron chi connectivity index (χ0n) is 14.2. The highest BCUT2D eigenvalue weighted by atomic mass is 19.1. The fourth-order valence-electron chi connectivity index (χ4n) is 3.44.